The van der Waals surface area contributed by atoms with E-state index in [0.29, 0.717) is 5.92 Å². The van der Waals surface area contributed by atoms with Gasteiger partial charge in [-0.05, 0) is 12.0 Å². The lowest BCUT2D eigenvalue weighted by molar-refractivity contribution is 0.844. The van der Waals surface area contributed by atoms with Crippen LogP contribution in [0.3, 0.4) is 0 Å². The normalized spacial score (nSPS) is 10.3. The summed E-state index contributed by atoms with van der Waals surface area (Å²) in [5.74, 6) is 0.310. The molecule has 0 aliphatic carbocycles. The van der Waals surface area contributed by atoms with Gasteiger partial charge in [0.15, 0.2) is 0 Å². The van der Waals surface area contributed by atoms with E-state index >= 15 is 0 Å². The zero-order valence-corrected chi connectivity index (χ0v) is 6.22. The van der Waals surface area contributed by atoms with Crippen LogP contribution in [0.1, 0.15) is 26.8 Å². The lowest BCUT2D eigenvalue weighted by Crippen LogP contribution is -2.11. The highest BCUT2D eigenvalue weighted by Gasteiger charge is 2.00. The van der Waals surface area contributed by atoms with Crippen molar-refractivity contribution in [3.63, 3.8) is 0 Å². The number of aromatic nitrogens is 1. The number of hydrogen-bond donors (Lipinski definition) is 1. The monoisotopic (exact) mass is 139 g/mol. The smallest absolute Gasteiger partial charge is 0.251 e. The molecule has 1 aromatic rings. The Bertz CT molecular complexity index is 267. The van der Waals surface area contributed by atoms with Crippen LogP contribution >= 0.6 is 0 Å². The summed E-state index contributed by atoms with van der Waals surface area (Å²) in [5.41, 5.74) is 0.875. The molecule has 1 aromatic heterocycles. The minimum Gasteiger partial charge on any atom is -0.329 e. The molecule has 1 N–H and O–H groups in total. The Hall–Kier alpha value is -1.05. The predicted molar refractivity (Wildman–Crippen MR) is 43.3 cm³/mol. The van der Waals surface area contributed by atoms with Crippen molar-refractivity contribution in [1.82, 2.24) is 4.98 Å². The molecule has 0 atom stereocenters. The Balaban J connectivity index is 0.000001000. The van der Waals surface area contributed by atoms with Crippen LogP contribution in [0, 0.1) is 0 Å². The van der Waals surface area contributed by atoms with Crippen LogP contribution in [0.5, 0.6) is 0 Å². The number of rotatable bonds is 1. The quantitative estimate of drug-likeness (QED) is 0.631. The summed E-state index contributed by atoms with van der Waals surface area (Å²) < 4.78 is 0. The first-order valence-electron chi connectivity index (χ1n) is 3.39. The summed E-state index contributed by atoms with van der Waals surface area (Å²) in [4.78, 5) is 13.6. The highest BCUT2D eigenvalue weighted by atomic mass is 16.1. The molecule has 0 aromatic carbocycles. The third-order valence-electron chi connectivity index (χ3n) is 1.47. The topological polar surface area (TPSA) is 32.9 Å². The fourth-order valence-corrected chi connectivity index (χ4v) is 0.889. The van der Waals surface area contributed by atoms with E-state index in [2.05, 4.69) is 4.98 Å². The standard InChI is InChI=1S/C8H11NO.H2/c1-6(2)7-4-3-5-9-8(7)10;/h3-6H,1-2H3,(H,9,10);1H. The van der Waals surface area contributed by atoms with Crippen molar-refractivity contribution in [2.75, 3.05) is 0 Å². The first kappa shape index (κ1) is 7.06. The molecule has 0 radical (unpaired) electrons. The lowest BCUT2D eigenvalue weighted by Gasteiger charge is -2.00. The maximum Gasteiger partial charge on any atom is 0.251 e. The van der Waals surface area contributed by atoms with Crippen molar-refractivity contribution in [2.24, 2.45) is 0 Å². The van der Waals surface area contributed by atoms with Gasteiger partial charge in [0.05, 0.1) is 0 Å². The molecule has 1 rings (SSSR count). The van der Waals surface area contributed by atoms with E-state index in [1.54, 1.807) is 6.20 Å². The van der Waals surface area contributed by atoms with Crippen molar-refractivity contribution in [3.05, 3.63) is 34.2 Å². The summed E-state index contributed by atoms with van der Waals surface area (Å²) in [6, 6.07) is 3.69. The summed E-state index contributed by atoms with van der Waals surface area (Å²) in [6.45, 7) is 4.01. The zero-order valence-electron chi connectivity index (χ0n) is 6.22. The number of hydrogen-bond acceptors (Lipinski definition) is 1. The minimum atomic E-state index is 0. The van der Waals surface area contributed by atoms with Crippen molar-refractivity contribution < 1.29 is 1.43 Å². The molecule has 0 fully saturated rings. The number of aromatic amines is 1. The molecule has 0 bridgehead atoms. The van der Waals surface area contributed by atoms with Crippen molar-refractivity contribution in [3.8, 4) is 0 Å². The molecule has 56 valence electrons. The highest BCUT2D eigenvalue weighted by Crippen LogP contribution is 2.06. The van der Waals surface area contributed by atoms with Gasteiger partial charge < -0.3 is 4.98 Å². The van der Waals surface area contributed by atoms with E-state index in [4.69, 9.17) is 0 Å². The van der Waals surface area contributed by atoms with Crippen LogP contribution in [0.4, 0.5) is 0 Å². The van der Waals surface area contributed by atoms with Crippen LogP contribution < -0.4 is 5.56 Å². The first-order valence-corrected chi connectivity index (χ1v) is 3.39. The molecule has 0 aliphatic heterocycles. The van der Waals surface area contributed by atoms with E-state index in [1.807, 2.05) is 26.0 Å². The first-order chi connectivity index (χ1) is 4.72. The van der Waals surface area contributed by atoms with Gasteiger partial charge in [-0.3, -0.25) is 4.79 Å². The maximum absolute atomic E-state index is 11.0. The summed E-state index contributed by atoms with van der Waals surface area (Å²) >= 11 is 0. The van der Waals surface area contributed by atoms with Gasteiger partial charge in [0.25, 0.3) is 5.56 Å². The third kappa shape index (κ3) is 1.26. The van der Waals surface area contributed by atoms with Gasteiger partial charge in [-0.2, -0.15) is 0 Å². The van der Waals surface area contributed by atoms with Gasteiger partial charge in [-0.15, -0.1) is 0 Å². The van der Waals surface area contributed by atoms with Gasteiger partial charge in [0, 0.05) is 13.2 Å². The molecule has 2 heteroatoms. The second-order valence-corrected chi connectivity index (χ2v) is 2.61. The van der Waals surface area contributed by atoms with E-state index in [1.165, 1.54) is 0 Å². The largest absolute Gasteiger partial charge is 0.329 e. The van der Waals surface area contributed by atoms with Crippen LogP contribution in [0.25, 0.3) is 0 Å². The molecule has 0 aliphatic rings. The number of pyridine rings is 1. The number of H-pyrrole nitrogens is 1. The third-order valence-corrected chi connectivity index (χ3v) is 1.47. The van der Waals surface area contributed by atoms with E-state index in [0.717, 1.165) is 5.56 Å². The zero-order chi connectivity index (χ0) is 7.56. The summed E-state index contributed by atoms with van der Waals surface area (Å²) in [7, 11) is 0. The van der Waals surface area contributed by atoms with Gasteiger partial charge in [-0.1, -0.05) is 19.9 Å². The average molecular weight is 139 g/mol. The molecular formula is C8H13NO. The van der Waals surface area contributed by atoms with E-state index < -0.39 is 0 Å². The van der Waals surface area contributed by atoms with E-state index in [-0.39, 0.29) is 6.99 Å². The molecule has 2 nitrogen and oxygen atoms in total. The number of nitrogens with one attached hydrogen (secondary N) is 1. The second-order valence-electron chi connectivity index (χ2n) is 2.61. The van der Waals surface area contributed by atoms with Gasteiger partial charge >= 0.3 is 0 Å². The van der Waals surface area contributed by atoms with Crippen molar-refractivity contribution in [2.45, 2.75) is 19.8 Å². The lowest BCUT2D eigenvalue weighted by atomic mass is 10.1. The second kappa shape index (κ2) is 2.69. The molecule has 0 saturated carbocycles. The maximum atomic E-state index is 11.0. The summed E-state index contributed by atoms with van der Waals surface area (Å²) in [6.07, 6.45) is 1.65. The molecule has 0 spiro atoms. The average Bonchev–Trinajstić information content (AvgIpc) is 1.88. The van der Waals surface area contributed by atoms with Gasteiger partial charge in [0.1, 0.15) is 0 Å². The Morgan fingerprint density at radius 1 is 1.60 bits per heavy atom. The molecule has 10 heavy (non-hydrogen) atoms. The fourth-order valence-electron chi connectivity index (χ4n) is 0.889. The Morgan fingerprint density at radius 3 is 2.70 bits per heavy atom. The van der Waals surface area contributed by atoms with Crippen LogP contribution in [0.2, 0.25) is 0 Å². The molecular weight excluding hydrogens is 126 g/mol. The Morgan fingerprint density at radius 2 is 2.30 bits per heavy atom. The fraction of sp³-hybridized carbons (Fsp3) is 0.375. The summed E-state index contributed by atoms with van der Waals surface area (Å²) in [5, 5.41) is 0. The molecule has 0 saturated heterocycles. The van der Waals surface area contributed by atoms with Crippen LogP contribution in [-0.4, -0.2) is 4.98 Å². The SMILES string of the molecule is CC(C)c1ccc[nH]c1=O.[HH]. The van der Waals surface area contributed by atoms with Crippen LogP contribution in [-0.2, 0) is 0 Å². The molecule has 1 heterocycles. The van der Waals surface area contributed by atoms with Crippen LogP contribution in [0.15, 0.2) is 23.1 Å². The van der Waals surface area contributed by atoms with Gasteiger partial charge in [-0.25, -0.2) is 0 Å². The Labute approximate surface area is 61.4 Å². The van der Waals surface area contributed by atoms with Crippen molar-refractivity contribution >= 4 is 0 Å². The van der Waals surface area contributed by atoms with Crippen molar-refractivity contribution in [1.29, 1.82) is 0 Å². The van der Waals surface area contributed by atoms with Gasteiger partial charge in [0.2, 0.25) is 0 Å². The van der Waals surface area contributed by atoms with E-state index in [9.17, 15) is 4.79 Å². The Kier molecular flexibility index (Phi) is 1.90. The molecule has 0 amide bonds. The highest BCUT2D eigenvalue weighted by molar-refractivity contribution is 5.12. The predicted octanol–water partition coefficient (Wildman–Crippen LogP) is 1.74. The minimum absolute atomic E-state index is 0. The molecule has 0 unspecified atom stereocenters.